The van der Waals surface area contributed by atoms with E-state index in [4.69, 9.17) is 9.72 Å². The van der Waals surface area contributed by atoms with Crippen molar-refractivity contribution < 1.29 is 9.53 Å². The smallest absolute Gasteiger partial charge is 0.220 e. The van der Waals surface area contributed by atoms with Gasteiger partial charge in [-0.2, -0.15) is 0 Å². The minimum Gasteiger partial charge on any atom is -0.497 e. The van der Waals surface area contributed by atoms with Gasteiger partial charge in [-0.1, -0.05) is 0 Å². The van der Waals surface area contributed by atoms with Crippen molar-refractivity contribution in [2.45, 2.75) is 46.1 Å². The predicted molar refractivity (Wildman–Crippen MR) is 105 cm³/mol. The average Bonchev–Trinajstić information content (AvgIpc) is 3.02. The number of unbranched alkanes of at least 4 members (excludes halogenated alkanes) is 1. The van der Waals surface area contributed by atoms with Crippen molar-refractivity contribution >= 4 is 28.4 Å². The average molecular weight is 370 g/mol. The normalized spacial score (nSPS) is 11.3. The third-order valence-corrected chi connectivity index (χ3v) is 4.27. The first-order valence-corrected chi connectivity index (χ1v) is 9.22. The van der Waals surface area contributed by atoms with Crippen molar-refractivity contribution in [3.63, 3.8) is 0 Å². The van der Waals surface area contributed by atoms with Crippen molar-refractivity contribution in [2.24, 2.45) is 0 Å². The number of carbonyl (C=O) groups excluding carboxylic acids is 1. The molecule has 0 aliphatic rings. The molecule has 2 N–H and O–H groups in total. The molecule has 0 aliphatic heterocycles. The Hall–Kier alpha value is -2.90. The number of nitrogens with zero attached hydrogens (tertiary/aromatic N) is 4. The molecule has 3 aromatic rings. The van der Waals surface area contributed by atoms with Gasteiger partial charge in [-0.3, -0.25) is 9.20 Å². The zero-order valence-electron chi connectivity index (χ0n) is 16.2. The van der Waals surface area contributed by atoms with Gasteiger partial charge >= 0.3 is 0 Å². The number of hydrogen-bond acceptors (Lipinski definition) is 6. The largest absolute Gasteiger partial charge is 0.497 e. The molecule has 0 radical (unpaired) electrons. The molecule has 8 nitrogen and oxygen atoms in total. The lowest BCUT2D eigenvalue weighted by Crippen LogP contribution is -2.29. The van der Waals surface area contributed by atoms with Gasteiger partial charge in [0.1, 0.15) is 11.6 Å². The van der Waals surface area contributed by atoms with Crippen LogP contribution in [0.3, 0.4) is 0 Å². The molecule has 27 heavy (non-hydrogen) atoms. The Labute approximate surface area is 158 Å². The molecule has 0 aliphatic carbocycles. The lowest BCUT2D eigenvalue weighted by atomic mass is 10.2. The van der Waals surface area contributed by atoms with Crippen LogP contribution in [0.25, 0.3) is 16.7 Å². The number of amides is 1. The van der Waals surface area contributed by atoms with Crippen LogP contribution in [0.5, 0.6) is 5.75 Å². The van der Waals surface area contributed by atoms with Crippen LogP contribution >= 0.6 is 0 Å². The van der Waals surface area contributed by atoms with Crippen molar-refractivity contribution in [1.82, 2.24) is 24.9 Å². The molecule has 0 fully saturated rings. The number of nitrogens with one attached hydrogen (secondary N) is 2. The first kappa shape index (κ1) is 18.9. The second-order valence-corrected chi connectivity index (χ2v) is 6.83. The molecular formula is C19H26N6O2. The Morgan fingerprint density at radius 2 is 2.07 bits per heavy atom. The number of anilines is 1. The Bertz CT molecular complexity index is 950. The van der Waals surface area contributed by atoms with Crippen molar-refractivity contribution in [3.05, 3.63) is 24.0 Å². The molecule has 2 aromatic heterocycles. The quantitative estimate of drug-likeness (QED) is 0.592. The van der Waals surface area contributed by atoms with Gasteiger partial charge < -0.3 is 15.4 Å². The van der Waals surface area contributed by atoms with Crippen LogP contribution in [-0.2, 0) is 4.79 Å². The maximum absolute atomic E-state index is 11.7. The molecule has 2 heterocycles. The fourth-order valence-corrected chi connectivity index (χ4v) is 3.01. The van der Waals surface area contributed by atoms with E-state index in [0.717, 1.165) is 35.4 Å². The van der Waals surface area contributed by atoms with Crippen molar-refractivity contribution in [3.8, 4) is 5.75 Å². The van der Waals surface area contributed by atoms with E-state index >= 15 is 0 Å². The summed E-state index contributed by atoms with van der Waals surface area (Å²) >= 11 is 0. The van der Waals surface area contributed by atoms with Gasteiger partial charge in [0.15, 0.2) is 5.82 Å². The number of fused-ring (bicyclic) bond motifs is 3. The zero-order valence-corrected chi connectivity index (χ0v) is 16.2. The molecule has 0 bridgehead atoms. The number of aromatic nitrogens is 4. The van der Waals surface area contributed by atoms with Crippen molar-refractivity contribution in [2.75, 3.05) is 19.0 Å². The number of aryl methyl sites for hydroxylation is 1. The van der Waals surface area contributed by atoms with Gasteiger partial charge in [0.25, 0.3) is 0 Å². The fraction of sp³-hybridized carbons (Fsp3) is 0.474. The Balaban J connectivity index is 1.73. The molecule has 0 saturated heterocycles. The van der Waals surface area contributed by atoms with Crippen LogP contribution in [-0.4, -0.2) is 45.2 Å². The molecular weight excluding hydrogens is 344 g/mol. The predicted octanol–water partition coefficient (Wildman–Crippen LogP) is 2.70. The maximum Gasteiger partial charge on any atom is 0.220 e. The molecule has 0 saturated carbocycles. The first-order valence-electron chi connectivity index (χ1n) is 9.22. The van der Waals surface area contributed by atoms with Gasteiger partial charge in [-0.25, -0.2) is 4.98 Å². The zero-order chi connectivity index (χ0) is 19.4. The summed E-state index contributed by atoms with van der Waals surface area (Å²) < 4.78 is 7.30. The van der Waals surface area contributed by atoms with Gasteiger partial charge in [0, 0.05) is 25.1 Å². The SMILES string of the molecule is COc1ccc2c(c1)nc(NCCCCC(=O)NC(C)C)c1nnc(C)n12. The minimum atomic E-state index is 0.0939. The van der Waals surface area contributed by atoms with E-state index in [1.165, 1.54) is 0 Å². The maximum atomic E-state index is 11.7. The second-order valence-electron chi connectivity index (χ2n) is 6.83. The Morgan fingerprint density at radius 3 is 2.81 bits per heavy atom. The number of hydrogen-bond donors (Lipinski definition) is 2. The van der Waals surface area contributed by atoms with Crippen LogP contribution in [0.2, 0.25) is 0 Å². The van der Waals surface area contributed by atoms with E-state index in [2.05, 4.69) is 20.8 Å². The van der Waals surface area contributed by atoms with E-state index in [1.807, 2.05) is 43.4 Å². The monoisotopic (exact) mass is 370 g/mol. The van der Waals surface area contributed by atoms with E-state index in [1.54, 1.807) is 7.11 Å². The number of rotatable bonds is 8. The molecule has 0 atom stereocenters. The lowest BCUT2D eigenvalue weighted by Gasteiger charge is -2.11. The third-order valence-electron chi connectivity index (χ3n) is 4.27. The van der Waals surface area contributed by atoms with Gasteiger partial charge in [-0.05, 0) is 45.7 Å². The molecule has 8 heteroatoms. The highest BCUT2D eigenvalue weighted by Gasteiger charge is 2.13. The van der Waals surface area contributed by atoms with E-state index < -0.39 is 0 Å². The third kappa shape index (κ3) is 4.27. The highest BCUT2D eigenvalue weighted by molar-refractivity contribution is 5.84. The van der Waals surface area contributed by atoms with Crippen LogP contribution in [0, 0.1) is 6.92 Å². The summed E-state index contributed by atoms with van der Waals surface area (Å²) in [5.41, 5.74) is 2.44. The van der Waals surface area contributed by atoms with Crippen LogP contribution in [0.15, 0.2) is 18.2 Å². The van der Waals surface area contributed by atoms with E-state index in [-0.39, 0.29) is 11.9 Å². The summed E-state index contributed by atoms with van der Waals surface area (Å²) in [7, 11) is 1.64. The molecule has 144 valence electrons. The molecule has 3 rings (SSSR count). The van der Waals surface area contributed by atoms with Gasteiger partial charge in [0.05, 0.1) is 18.1 Å². The summed E-state index contributed by atoms with van der Waals surface area (Å²) in [5.74, 6) is 2.33. The topological polar surface area (TPSA) is 93.4 Å². The Morgan fingerprint density at radius 1 is 1.26 bits per heavy atom. The molecule has 0 unspecified atom stereocenters. The van der Waals surface area contributed by atoms with E-state index in [0.29, 0.717) is 24.4 Å². The van der Waals surface area contributed by atoms with Gasteiger partial charge in [0.2, 0.25) is 11.6 Å². The number of methoxy groups -OCH3 is 1. The summed E-state index contributed by atoms with van der Waals surface area (Å²) in [6.07, 6.45) is 2.21. The molecule has 1 amide bonds. The second kappa shape index (κ2) is 8.20. The first-order chi connectivity index (χ1) is 13.0. The van der Waals surface area contributed by atoms with Crippen molar-refractivity contribution in [1.29, 1.82) is 0 Å². The summed E-state index contributed by atoms with van der Waals surface area (Å²) in [6.45, 7) is 6.55. The fourth-order valence-electron chi connectivity index (χ4n) is 3.01. The number of ether oxygens (including phenoxy) is 1. The standard InChI is InChI=1S/C19H26N6O2/c1-12(2)21-17(26)7-5-6-10-20-18-19-24-23-13(3)25(19)16-9-8-14(27-4)11-15(16)22-18/h8-9,11-12H,5-7,10H2,1-4H3,(H,20,22)(H,21,26). The summed E-state index contributed by atoms with van der Waals surface area (Å²) in [4.78, 5) is 16.4. The van der Waals surface area contributed by atoms with Crippen LogP contribution in [0.4, 0.5) is 5.82 Å². The Kier molecular flexibility index (Phi) is 5.73. The highest BCUT2D eigenvalue weighted by Crippen LogP contribution is 2.25. The number of benzene rings is 1. The van der Waals surface area contributed by atoms with Gasteiger partial charge in [-0.15, -0.1) is 10.2 Å². The summed E-state index contributed by atoms with van der Waals surface area (Å²) in [6, 6.07) is 5.94. The highest BCUT2D eigenvalue weighted by atomic mass is 16.5. The van der Waals surface area contributed by atoms with Crippen LogP contribution in [0.1, 0.15) is 38.9 Å². The summed E-state index contributed by atoms with van der Waals surface area (Å²) in [5, 5.41) is 14.7. The molecule has 0 spiro atoms. The number of carbonyl (C=O) groups is 1. The lowest BCUT2D eigenvalue weighted by molar-refractivity contribution is -0.121. The minimum absolute atomic E-state index is 0.0939. The van der Waals surface area contributed by atoms with E-state index in [9.17, 15) is 4.79 Å². The molecule has 1 aromatic carbocycles. The van der Waals surface area contributed by atoms with Crippen LogP contribution < -0.4 is 15.4 Å².